The molecule has 104 valence electrons. The predicted molar refractivity (Wildman–Crippen MR) is 80.8 cm³/mol. The van der Waals surface area contributed by atoms with Gasteiger partial charge in [0.1, 0.15) is 6.33 Å². The molecule has 0 aliphatic heterocycles. The minimum Gasteiger partial charge on any atom is -0.362 e. The molecule has 0 unspecified atom stereocenters. The average molecular weight is 289 g/mol. The van der Waals surface area contributed by atoms with Gasteiger partial charge in [-0.25, -0.2) is 4.68 Å². The highest BCUT2D eigenvalue weighted by Gasteiger charge is 2.02. The Morgan fingerprint density at radius 1 is 1.45 bits per heavy atom. The third kappa shape index (κ3) is 3.58. The summed E-state index contributed by atoms with van der Waals surface area (Å²) in [5.74, 6) is 0. The monoisotopic (exact) mass is 289 g/mol. The number of benzene rings is 1. The summed E-state index contributed by atoms with van der Waals surface area (Å²) in [5, 5.41) is 18.8. The van der Waals surface area contributed by atoms with E-state index in [1.165, 1.54) is 0 Å². The van der Waals surface area contributed by atoms with E-state index in [9.17, 15) is 0 Å². The number of hydrogen-bond donors (Lipinski definition) is 2. The Morgan fingerprint density at radius 2 is 2.30 bits per heavy atom. The normalized spacial score (nSPS) is 11.2. The summed E-state index contributed by atoms with van der Waals surface area (Å²) < 4.78 is 1.59. The van der Waals surface area contributed by atoms with Gasteiger partial charge in [0.2, 0.25) is 0 Å². The Labute approximate surface area is 122 Å². The van der Waals surface area contributed by atoms with Gasteiger partial charge in [0, 0.05) is 6.54 Å². The van der Waals surface area contributed by atoms with Crippen molar-refractivity contribution in [3.8, 4) is 5.69 Å². The van der Waals surface area contributed by atoms with E-state index in [2.05, 4.69) is 31.4 Å². The van der Waals surface area contributed by atoms with Crippen LogP contribution < -0.4 is 10.7 Å². The van der Waals surface area contributed by atoms with E-state index in [1.807, 2.05) is 38.1 Å². The van der Waals surface area contributed by atoms with Crippen LogP contribution >= 0.6 is 12.2 Å². The van der Waals surface area contributed by atoms with Gasteiger partial charge in [-0.3, -0.25) is 5.43 Å². The predicted octanol–water partition coefficient (Wildman–Crippen LogP) is 0.870. The van der Waals surface area contributed by atoms with Crippen LogP contribution in [0.2, 0.25) is 0 Å². The Kier molecular flexibility index (Phi) is 4.72. The molecule has 1 aromatic heterocycles. The van der Waals surface area contributed by atoms with E-state index in [1.54, 1.807) is 11.0 Å². The number of rotatable bonds is 4. The minimum atomic E-state index is 0.503. The maximum atomic E-state index is 5.05. The number of hydrazone groups is 1. The number of nitrogens with zero attached hydrogens (tertiary/aromatic N) is 5. The molecule has 2 aromatic rings. The van der Waals surface area contributed by atoms with E-state index >= 15 is 0 Å². The van der Waals surface area contributed by atoms with Gasteiger partial charge in [-0.05, 0) is 54.2 Å². The molecule has 0 radical (unpaired) electrons. The molecule has 0 bridgehead atoms. The van der Waals surface area contributed by atoms with Crippen LogP contribution in [0.25, 0.3) is 5.69 Å². The molecule has 0 fully saturated rings. The summed E-state index contributed by atoms with van der Waals surface area (Å²) in [4.78, 5) is 0. The molecule has 0 atom stereocenters. The first-order valence-corrected chi connectivity index (χ1v) is 6.53. The van der Waals surface area contributed by atoms with Crippen molar-refractivity contribution in [2.24, 2.45) is 5.10 Å². The van der Waals surface area contributed by atoms with Gasteiger partial charge >= 0.3 is 0 Å². The average Bonchev–Trinajstić information content (AvgIpc) is 2.99. The number of aromatic nitrogens is 4. The van der Waals surface area contributed by atoms with Crippen molar-refractivity contribution in [1.82, 2.24) is 30.9 Å². The molecule has 0 saturated heterocycles. The molecule has 1 aromatic carbocycles. The molecule has 0 aliphatic rings. The van der Waals surface area contributed by atoms with Gasteiger partial charge in [-0.15, -0.1) is 5.10 Å². The molecule has 2 N–H and O–H groups in total. The number of thiocarbonyl (C=S) groups is 1. The molecular formula is C12H15N7S. The minimum absolute atomic E-state index is 0.503. The fraction of sp³-hybridized carbons (Fsp3) is 0.250. The van der Waals surface area contributed by atoms with Crippen molar-refractivity contribution >= 4 is 23.0 Å². The van der Waals surface area contributed by atoms with Crippen LogP contribution in [0.1, 0.15) is 19.4 Å². The fourth-order valence-electron chi connectivity index (χ4n) is 1.55. The zero-order valence-corrected chi connectivity index (χ0v) is 12.1. The van der Waals surface area contributed by atoms with Crippen molar-refractivity contribution in [3.05, 3.63) is 36.2 Å². The molecular weight excluding hydrogens is 274 g/mol. The van der Waals surface area contributed by atoms with Crippen LogP contribution in [0.15, 0.2) is 35.7 Å². The van der Waals surface area contributed by atoms with E-state index in [0.29, 0.717) is 5.11 Å². The summed E-state index contributed by atoms with van der Waals surface area (Å²) in [7, 11) is 0. The highest BCUT2D eigenvalue weighted by Crippen LogP contribution is 2.09. The van der Waals surface area contributed by atoms with Crippen molar-refractivity contribution in [2.75, 3.05) is 6.54 Å². The second kappa shape index (κ2) is 6.71. The zero-order chi connectivity index (χ0) is 14.4. The van der Waals surface area contributed by atoms with Gasteiger partial charge in [0.25, 0.3) is 0 Å². The molecule has 20 heavy (non-hydrogen) atoms. The lowest BCUT2D eigenvalue weighted by atomic mass is 10.1. The van der Waals surface area contributed by atoms with Gasteiger partial charge in [-0.1, -0.05) is 12.1 Å². The third-order valence-corrected chi connectivity index (χ3v) is 2.78. The molecule has 2 rings (SSSR count). The number of hydrogen-bond acceptors (Lipinski definition) is 5. The van der Waals surface area contributed by atoms with Crippen molar-refractivity contribution in [2.45, 2.75) is 13.8 Å². The third-order valence-electron chi connectivity index (χ3n) is 2.54. The quantitative estimate of drug-likeness (QED) is 0.494. The van der Waals surface area contributed by atoms with E-state index < -0.39 is 0 Å². The smallest absolute Gasteiger partial charge is 0.186 e. The SMILES string of the molecule is CCNC(=S)N/N=C(/C)c1cccc(-n2cnnn2)c1. The molecule has 0 amide bonds. The molecule has 0 aliphatic carbocycles. The standard InChI is InChI=1S/C12H15N7S/c1-3-13-12(20)16-15-9(2)10-5-4-6-11(7-10)19-8-14-17-18-19/h4-8H,3H2,1-2H3,(H2,13,16,20)/b15-9-. The lowest BCUT2D eigenvalue weighted by molar-refractivity contribution is 0.789. The Bertz CT molecular complexity index is 606. The number of tetrazole rings is 1. The first-order chi connectivity index (χ1) is 9.70. The summed E-state index contributed by atoms with van der Waals surface area (Å²) in [6.45, 7) is 4.63. The molecule has 0 saturated carbocycles. The van der Waals surface area contributed by atoms with E-state index in [-0.39, 0.29) is 0 Å². The van der Waals surface area contributed by atoms with Gasteiger partial charge < -0.3 is 5.32 Å². The highest BCUT2D eigenvalue weighted by atomic mass is 32.1. The summed E-state index contributed by atoms with van der Waals surface area (Å²) >= 11 is 5.05. The zero-order valence-electron chi connectivity index (χ0n) is 11.2. The lowest BCUT2D eigenvalue weighted by Crippen LogP contribution is -2.32. The fourth-order valence-corrected chi connectivity index (χ4v) is 1.74. The van der Waals surface area contributed by atoms with Crippen LogP contribution in [0.3, 0.4) is 0 Å². The van der Waals surface area contributed by atoms with Gasteiger partial charge in [0.15, 0.2) is 5.11 Å². The Balaban J connectivity index is 2.14. The van der Waals surface area contributed by atoms with Gasteiger partial charge in [0.05, 0.1) is 11.4 Å². The summed E-state index contributed by atoms with van der Waals surface area (Å²) in [5.41, 5.74) is 5.45. The lowest BCUT2D eigenvalue weighted by Gasteiger charge is -2.07. The van der Waals surface area contributed by atoms with Gasteiger partial charge in [-0.2, -0.15) is 5.10 Å². The maximum absolute atomic E-state index is 5.05. The topological polar surface area (TPSA) is 80.0 Å². The Hall–Kier alpha value is -2.35. The molecule has 8 heteroatoms. The first-order valence-electron chi connectivity index (χ1n) is 6.12. The highest BCUT2D eigenvalue weighted by molar-refractivity contribution is 7.80. The van der Waals surface area contributed by atoms with Crippen LogP contribution in [0.4, 0.5) is 0 Å². The molecule has 0 spiro atoms. The van der Waals surface area contributed by atoms with Crippen LogP contribution in [-0.2, 0) is 0 Å². The largest absolute Gasteiger partial charge is 0.362 e. The summed E-state index contributed by atoms with van der Waals surface area (Å²) in [6, 6.07) is 7.76. The van der Waals surface area contributed by atoms with Crippen molar-refractivity contribution in [1.29, 1.82) is 0 Å². The molecule has 7 nitrogen and oxygen atoms in total. The Morgan fingerprint density at radius 3 is 3.00 bits per heavy atom. The van der Waals surface area contributed by atoms with Crippen LogP contribution in [-0.4, -0.2) is 37.6 Å². The van der Waals surface area contributed by atoms with Crippen LogP contribution in [0.5, 0.6) is 0 Å². The van der Waals surface area contributed by atoms with Crippen molar-refractivity contribution in [3.63, 3.8) is 0 Å². The van der Waals surface area contributed by atoms with E-state index in [0.717, 1.165) is 23.5 Å². The second-order valence-electron chi connectivity index (χ2n) is 3.97. The summed E-state index contributed by atoms with van der Waals surface area (Å²) in [6.07, 6.45) is 1.55. The second-order valence-corrected chi connectivity index (χ2v) is 4.38. The van der Waals surface area contributed by atoms with E-state index in [4.69, 9.17) is 12.2 Å². The van der Waals surface area contributed by atoms with Crippen molar-refractivity contribution < 1.29 is 0 Å². The maximum Gasteiger partial charge on any atom is 0.186 e. The van der Waals surface area contributed by atoms with Crippen LogP contribution in [0, 0.1) is 0 Å². The first kappa shape index (κ1) is 14.1. The number of nitrogens with one attached hydrogen (secondary N) is 2. The molecule has 1 heterocycles.